The van der Waals surface area contributed by atoms with Crippen LogP contribution in [0.15, 0.2) is 24.3 Å². The van der Waals surface area contributed by atoms with E-state index in [4.69, 9.17) is 16.3 Å². The number of rotatable bonds is 0. The zero-order valence-corrected chi connectivity index (χ0v) is 9.90. The molecule has 17 heavy (non-hydrogen) atoms. The molecule has 0 radical (unpaired) electrons. The number of carbonyl (C=O) groups is 2. The molecule has 1 amide bonds. The van der Waals surface area contributed by atoms with Crippen molar-refractivity contribution in [2.75, 3.05) is 0 Å². The molecule has 2 atom stereocenters. The fourth-order valence-electron chi connectivity index (χ4n) is 2.57. The smallest absolute Gasteiger partial charge is 0.399 e. The minimum Gasteiger partial charge on any atom is -0.427 e. The summed E-state index contributed by atoms with van der Waals surface area (Å²) in [5.74, 6) is -1.50. The molecule has 4 nitrogen and oxygen atoms in total. The molecule has 1 aromatic carbocycles. The number of benzene rings is 1. The number of carbonyl (C=O) groups excluding carboxylic acids is 2. The van der Waals surface area contributed by atoms with Gasteiger partial charge in [-0.2, -0.15) is 0 Å². The third-order valence-corrected chi connectivity index (χ3v) is 3.68. The van der Waals surface area contributed by atoms with Crippen molar-refractivity contribution in [1.82, 2.24) is 4.90 Å². The fourth-order valence-corrected chi connectivity index (χ4v) is 3.01. The summed E-state index contributed by atoms with van der Waals surface area (Å²) in [5.41, 5.74) is 0.230. The predicted molar refractivity (Wildman–Crippen MR) is 60.1 cm³/mol. The summed E-state index contributed by atoms with van der Waals surface area (Å²) in [6.45, 7) is 1.70. The maximum atomic E-state index is 11.7. The van der Waals surface area contributed by atoms with E-state index < -0.39 is 23.1 Å². The maximum absolute atomic E-state index is 11.7. The molecule has 0 N–H and O–H groups in total. The number of alkyl halides is 1. The van der Waals surface area contributed by atoms with Crippen LogP contribution in [0.4, 0.5) is 0 Å². The average molecular weight is 252 g/mol. The summed E-state index contributed by atoms with van der Waals surface area (Å²) in [4.78, 5) is 24.5. The summed E-state index contributed by atoms with van der Waals surface area (Å²) in [6.07, 6.45) is 0.524. The minimum atomic E-state index is -1.06. The summed E-state index contributed by atoms with van der Waals surface area (Å²) < 4.78 is 5.21. The highest BCUT2D eigenvalue weighted by Crippen LogP contribution is 2.43. The Bertz CT molecular complexity index is 530. The lowest BCUT2D eigenvalue weighted by atomic mass is 9.91. The van der Waals surface area contributed by atoms with Crippen molar-refractivity contribution in [3.8, 4) is 0 Å². The number of halogens is 1. The van der Waals surface area contributed by atoms with Crippen LogP contribution in [0.25, 0.3) is 0 Å². The van der Waals surface area contributed by atoms with E-state index in [1.807, 2.05) is 24.3 Å². The van der Waals surface area contributed by atoms with Crippen molar-refractivity contribution in [1.29, 1.82) is 0 Å². The summed E-state index contributed by atoms with van der Waals surface area (Å²) >= 11 is 6.17. The van der Waals surface area contributed by atoms with Crippen LogP contribution in [0.3, 0.4) is 0 Å². The van der Waals surface area contributed by atoms with Gasteiger partial charge in [0.05, 0.1) is 0 Å². The van der Waals surface area contributed by atoms with E-state index in [1.54, 1.807) is 6.92 Å². The highest BCUT2D eigenvalue weighted by molar-refractivity contribution is 6.36. The lowest BCUT2D eigenvalue weighted by Crippen LogP contribution is -2.50. The van der Waals surface area contributed by atoms with Gasteiger partial charge in [-0.1, -0.05) is 35.9 Å². The summed E-state index contributed by atoms with van der Waals surface area (Å²) in [7, 11) is 0. The molecule has 0 bridgehead atoms. The van der Waals surface area contributed by atoms with Crippen molar-refractivity contribution >= 4 is 23.5 Å². The molecule has 0 aliphatic carbocycles. The van der Waals surface area contributed by atoms with Crippen LogP contribution >= 0.6 is 11.6 Å². The SMILES string of the molecule is CC12OC(=O)C(=O)N1C(Cl)Cc1ccccc12. The van der Waals surface area contributed by atoms with E-state index in [0.717, 1.165) is 11.1 Å². The molecule has 2 aliphatic heterocycles. The molecule has 1 fully saturated rings. The maximum Gasteiger partial charge on any atom is 0.399 e. The Morgan fingerprint density at radius 2 is 2.12 bits per heavy atom. The highest BCUT2D eigenvalue weighted by Gasteiger charge is 2.56. The van der Waals surface area contributed by atoms with Crippen LogP contribution in [0, 0.1) is 0 Å². The Labute approximate surface area is 103 Å². The molecule has 88 valence electrons. The molecular weight excluding hydrogens is 242 g/mol. The second kappa shape index (κ2) is 3.23. The van der Waals surface area contributed by atoms with Gasteiger partial charge in [0, 0.05) is 12.0 Å². The zero-order valence-electron chi connectivity index (χ0n) is 9.14. The quantitative estimate of drug-likeness (QED) is 0.303. The van der Waals surface area contributed by atoms with E-state index >= 15 is 0 Å². The van der Waals surface area contributed by atoms with Gasteiger partial charge in [-0.05, 0) is 12.5 Å². The fraction of sp³-hybridized carbons (Fsp3) is 0.333. The van der Waals surface area contributed by atoms with Gasteiger partial charge in [-0.3, -0.25) is 9.69 Å². The monoisotopic (exact) mass is 251 g/mol. The minimum absolute atomic E-state index is 0.524. The van der Waals surface area contributed by atoms with Crippen LogP contribution in [-0.4, -0.2) is 22.3 Å². The van der Waals surface area contributed by atoms with Crippen molar-refractivity contribution in [2.45, 2.75) is 24.6 Å². The second-order valence-electron chi connectivity index (χ2n) is 4.34. The first kappa shape index (κ1) is 10.6. The molecule has 5 heteroatoms. The number of ether oxygens (including phenoxy) is 1. The molecular formula is C12H10ClNO3. The van der Waals surface area contributed by atoms with Crippen molar-refractivity contribution < 1.29 is 14.3 Å². The number of nitrogens with zero attached hydrogens (tertiary/aromatic N) is 1. The van der Waals surface area contributed by atoms with Crippen molar-refractivity contribution in [2.24, 2.45) is 0 Å². The number of fused-ring (bicyclic) bond motifs is 3. The number of esters is 1. The molecule has 2 unspecified atom stereocenters. The van der Waals surface area contributed by atoms with E-state index in [1.165, 1.54) is 4.90 Å². The Morgan fingerprint density at radius 3 is 2.88 bits per heavy atom. The average Bonchev–Trinajstić information content (AvgIpc) is 2.51. The predicted octanol–water partition coefficient (Wildman–Crippen LogP) is 1.37. The molecule has 2 aliphatic rings. The van der Waals surface area contributed by atoms with Crippen LogP contribution in [0.5, 0.6) is 0 Å². The molecule has 0 aromatic heterocycles. The van der Waals surface area contributed by atoms with Crippen LogP contribution in [0.1, 0.15) is 18.1 Å². The molecule has 2 heterocycles. The Balaban J connectivity index is 2.22. The Kier molecular flexibility index (Phi) is 2.01. The first-order valence-corrected chi connectivity index (χ1v) is 5.77. The highest BCUT2D eigenvalue weighted by atomic mass is 35.5. The third kappa shape index (κ3) is 1.24. The molecule has 0 spiro atoms. The van der Waals surface area contributed by atoms with E-state index in [-0.39, 0.29) is 0 Å². The van der Waals surface area contributed by atoms with E-state index in [2.05, 4.69) is 0 Å². The zero-order chi connectivity index (χ0) is 12.2. The molecule has 1 saturated heterocycles. The first-order valence-electron chi connectivity index (χ1n) is 5.33. The van der Waals surface area contributed by atoms with Gasteiger partial charge in [0.1, 0.15) is 5.50 Å². The van der Waals surface area contributed by atoms with E-state index in [9.17, 15) is 9.59 Å². The van der Waals surface area contributed by atoms with Gasteiger partial charge in [0.25, 0.3) is 0 Å². The second-order valence-corrected chi connectivity index (χ2v) is 4.85. The number of amides is 1. The standard InChI is InChI=1S/C12H10ClNO3/c1-12-8-5-3-2-4-7(8)6-9(13)14(12)10(15)11(16)17-12/h2-5,9H,6H2,1H3. The van der Waals surface area contributed by atoms with E-state index in [0.29, 0.717) is 6.42 Å². The van der Waals surface area contributed by atoms with Gasteiger partial charge in [-0.15, -0.1) is 0 Å². The molecule has 3 rings (SSSR count). The van der Waals surface area contributed by atoms with Gasteiger partial charge in [-0.25, -0.2) is 4.79 Å². The van der Waals surface area contributed by atoms with Crippen LogP contribution in [0.2, 0.25) is 0 Å². The Morgan fingerprint density at radius 1 is 1.41 bits per heavy atom. The lowest BCUT2D eigenvalue weighted by Gasteiger charge is -2.40. The van der Waals surface area contributed by atoms with Crippen LogP contribution < -0.4 is 0 Å². The first-order chi connectivity index (χ1) is 8.04. The number of hydrogen-bond donors (Lipinski definition) is 0. The van der Waals surface area contributed by atoms with Gasteiger partial charge in [0.2, 0.25) is 5.72 Å². The van der Waals surface area contributed by atoms with Gasteiger partial charge >= 0.3 is 11.9 Å². The third-order valence-electron chi connectivity index (χ3n) is 3.33. The molecule has 1 aromatic rings. The summed E-state index contributed by atoms with van der Waals surface area (Å²) in [6, 6.07) is 7.55. The van der Waals surface area contributed by atoms with Gasteiger partial charge < -0.3 is 4.74 Å². The largest absolute Gasteiger partial charge is 0.427 e. The molecule has 0 saturated carbocycles. The van der Waals surface area contributed by atoms with Crippen molar-refractivity contribution in [3.05, 3.63) is 35.4 Å². The van der Waals surface area contributed by atoms with Crippen LogP contribution in [-0.2, 0) is 26.5 Å². The van der Waals surface area contributed by atoms with Crippen molar-refractivity contribution in [3.63, 3.8) is 0 Å². The van der Waals surface area contributed by atoms with Gasteiger partial charge in [0.15, 0.2) is 0 Å². The number of hydrogen-bond acceptors (Lipinski definition) is 3. The summed E-state index contributed by atoms with van der Waals surface area (Å²) in [5, 5.41) is 0. The normalized spacial score (nSPS) is 30.9. The lowest BCUT2D eigenvalue weighted by molar-refractivity contribution is -0.155. The topological polar surface area (TPSA) is 46.6 Å². The Hall–Kier alpha value is -1.55.